The molecule has 1 heterocycles. The maximum Gasteiger partial charge on any atom is 0.255 e. The number of nitrogens with one attached hydrogen (secondary N) is 1. The van der Waals surface area contributed by atoms with Crippen molar-refractivity contribution in [3.63, 3.8) is 0 Å². The zero-order valence-corrected chi connectivity index (χ0v) is 13.7. The van der Waals surface area contributed by atoms with Gasteiger partial charge in [-0.2, -0.15) is 0 Å². The molecule has 3 aromatic rings. The minimum Gasteiger partial charge on any atom is -0.497 e. The summed E-state index contributed by atoms with van der Waals surface area (Å²) in [6.45, 7) is 0. The average molecular weight is 331 g/mol. The quantitative estimate of drug-likeness (QED) is 0.723. The van der Waals surface area contributed by atoms with E-state index in [0.29, 0.717) is 5.56 Å². The number of hydrogen-bond acceptors (Lipinski definition) is 3. The summed E-state index contributed by atoms with van der Waals surface area (Å²) in [7, 11) is 1.60. The number of rotatable bonds is 5. The molecule has 0 radical (unpaired) electrons. The molecule has 4 heteroatoms. The van der Waals surface area contributed by atoms with Crippen LogP contribution in [0.3, 0.4) is 0 Å². The van der Waals surface area contributed by atoms with E-state index in [1.165, 1.54) is 18.2 Å². The summed E-state index contributed by atoms with van der Waals surface area (Å²) in [5.74, 6) is 0.572. The van der Waals surface area contributed by atoms with Crippen molar-refractivity contribution < 1.29 is 9.53 Å². The number of aromatic nitrogens is 1. The number of carbonyl (C=O) groups excluding carboxylic acids is 1. The number of ketones is 1. The summed E-state index contributed by atoms with van der Waals surface area (Å²) in [6, 6.07) is 16.7. The molecule has 1 aromatic heterocycles. The number of para-hydroxylation sites is 1. The minimum absolute atomic E-state index is 0.191. The van der Waals surface area contributed by atoms with E-state index in [0.717, 1.165) is 22.2 Å². The van der Waals surface area contributed by atoms with Gasteiger partial charge in [0, 0.05) is 11.1 Å². The Morgan fingerprint density at radius 1 is 1.00 bits per heavy atom. The van der Waals surface area contributed by atoms with Gasteiger partial charge in [0.1, 0.15) is 5.75 Å². The molecule has 0 saturated heterocycles. The first-order valence-electron chi connectivity index (χ1n) is 7.82. The fourth-order valence-electron chi connectivity index (χ4n) is 2.41. The normalized spacial score (nSPS) is 11.4. The van der Waals surface area contributed by atoms with Crippen LogP contribution in [0, 0.1) is 0 Å². The third-order valence-electron chi connectivity index (χ3n) is 3.77. The second kappa shape index (κ2) is 7.45. The van der Waals surface area contributed by atoms with Gasteiger partial charge in [-0.1, -0.05) is 36.4 Å². The molecule has 0 aliphatic rings. The number of methoxy groups -OCH3 is 1. The van der Waals surface area contributed by atoms with E-state index in [2.05, 4.69) is 4.98 Å². The van der Waals surface area contributed by atoms with Crippen molar-refractivity contribution in [2.45, 2.75) is 0 Å². The highest BCUT2D eigenvalue weighted by atomic mass is 16.5. The summed E-state index contributed by atoms with van der Waals surface area (Å²) in [6.07, 6.45) is 6.11. The third-order valence-corrected chi connectivity index (χ3v) is 3.77. The topological polar surface area (TPSA) is 59.2 Å². The molecule has 0 amide bonds. The lowest BCUT2D eigenvalue weighted by molar-refractivity contribution is -0.110. The Morgan fingerprint density at radius 3 is 2.48 bits per heavy atom. The molecule has 0 bridgehead atoms. The Labute approximate surface area is 145 Å². The van der Waals surface area contributed by atoms with E-state index in [-0.39, 0.29) is 11.3 Å². The summed E-state index contributed by atoms with van der Waals surface area (Å²) >= 11 is 0. The van der Waals surface area contributed by atoms with E-state index in [1.54, 1.807) is 19.3 Å². The molecule has 3 rings (SSSR count). The van der Waals surface area contributed by atoms with Crippen LogP contribution in [0.15, 0.2) is 71.5 Å². The first kappa shape index (κ1) is 16.5. The highest BCUT2D eigenvalue weighted by Gasteiger charge is 2.00. The maximum atomic E-state index is 12.0. The van der Waals surface area contributed by atoms with Crippen LogP contribution in [-0.4, -0.2) is 17.9 Å². The van der Waals surface area contributed by atoms with Crippen molar-refractivity contribution in [2.24, 2.45) is 0 Å². The van der Waals surface area contributed by atoms with Gasteiger partial charge >= 0.3 is 0 Å². The van der Waals surface area contributed by atoms with Gasteiger partial charge in [-0.25, -0.2) is 0 Å². The van der Waals surface area contributed by atoms with E-state index in [1.807, 2.05) is 48.5 Å². The number of carbonyl (C=O) groups is 1. The smallest absolute Gasteiger partial charge is 0.255 e. The maximum absolute atomic E-state index is 12.0. The summed E-state index contributed by atoms with van der Waals surface area (Å²) in [5.41, 5.74) is 1.90. The monoisotopic (exact) mass is 331 g/mol. The fourth-order valence-corrected chi connectivity index (χ4v) is 2.41. The van der Waals surface area contributed by atoms with E-state index < -0.39 is 0 Å². The lowest BCUT2D eigenvalue weighted by atomic mass is 10.1. The molecule has 0 atom stereocenters. The van der Waals surface area contributed by atoms with Gasteiger partial charge in [0.05, 0.1) is 7.11 Å². The molecule has 1 N–H and O–H groups in total. The van der Waals surface area contributed by atoms with E-state index >= 15 is 0 Å². The van der Waals surface area contributed by atoms with Crippen molar-refractivity contribution in [3.8, 4) is 5.75 Å². The molecular formula is C21H17NO3. The van der Waals surface area contributed by atoms with Crippen LogP contribution in [0.5, 0.6) is 5.75 Å². The second-order valence-corrected chi connectivity index (χ2v) is 5.48. The van der Waals surface area contributed by atoms with Gasteiger partial charge in [-0.05, 0) is 53.4 Å². The van der Waals surface area contributed by atoms with Crippen molar-refractivity contribution >= 4 is 28.8 Å². The number of ether oxygens (including phenoxy) is 1. The zero-order chi connectivity index (χ0) is 17.6. The van der Waals surface area contributed by atoms with Gasteiger partial charge < -0.3 is 9.72 Å². The number of pyridine rings is 1. The van der Waals surface area contributed by atoms with E-state index in [9.17, 15) is 9.59 Å². The molecule has 25 heavy (non-hydrogen) atoms. The Hall–Kier alpha value is -3.40. The first-order valence-corrected chi connectivity index (χ1v) is 7.82. The molecule has 0 saturated carbocycles. The van der Waals surface area contributed by atoms with Crippen LogP contribution in [0.1, 0.15) is 11.1 Å². The molecule has 124 valence electrons. The number of benzene rings is 2. The van der Waals surface area contributed by atoms with Crippen LogP contribution in [-0.2, 0) is 4.79 Å². The van der Waals surface area contributed by atoms with Gasteiger partial charge in [0.2, 0.25) is 0 Å². The molecule has 0 unspecified atom stereocenters. The molecule has 2 aromatic carbocycles. The highest BCUT2D eigenvalue weighted by molar-refractivity contribution is 6.04. The van der Waals surface area contributed by atoms with Crippen LogP contribution in [0.2, 0.25) is 0 Å². The SMILES string of the molecule is COc1ccc(/C=C/C(=O)/C=C/c2cc3ccccc3[nH]c2=O)cc1. The number of allylic oxidation sites excluding steroid dienone is 2. The van der Waals surface area contributed by atoms with Crippen molar-refractivity contribution in [1.29, 1.82) is 0 Å². The largest absolute Gasteiger partial charge is 0.497 e. The van der Waals surface area contributed by atoms with Gasteiger partial charge in [-0.15, -0.1) is 0 Å². The van der Waals surface area contributed by atoms with Crippen LogP contribution >= 0.6 is 0 Å². The number of fused-ring (bicyclic) bond motifs is 1. The van der Waals surface area contributed by atoms with Crippen molar-refractivity contribution in [1.82, 2.24) is 4.98 Å². The molecular weight excluding hydrogens is 314 g/mol. The standard InChI is InChI=1S/C21H17NO3/c1-25-19-12-7-15(8-13-19)6-10-18(23)11-9-17-14-16-4-2-3-5-20(16)22-21(17)24/h2-14H,1H3,(H,22,24)/b10-6+,11-9+. The molecule has 0 aliphatic heterocycles. The van der Waals surface area contributed by atoms with Gasteiger partial charge in [0.15, 0.2) is 5.78 Å². The predicted octanol–water partition coefficient (Wildman–Crippen LogP) is 3.83. The number of H-pyrrole nitrogens is 1. The molecule has 0 aliphatic carbocycles. The highest BCUT2D eigenvalue weighted by Crippen LogP contribution is 2.13. The lowest BCUT2D eigenvalue weighted by Gasteiger charge is -1.99. The van der Waals surface area contributed by atoms with Crippen LogP contribution in [0.4, 0.5) is 0 Å². The number of hydrogen-bond donors (Lipinski definition) is 1. The van der Waals surface area contributed by atoms with E-state index in [4.69, 9.17) is 4.74 Å². The van der Waals surface area contributed by atoms with Crippen LogP contribution in [0.25, 0.3) is 23.1 Å². The third kappa shape index (κ3) is 4.12. The minimum atomic E-state index is -0.220. The molecule has 0 fully saturated rings. The Balaban J connectivity index is 1.74. The fraction of sp³-hybridized carbons (Fsp3) is 0.0476. The first-order chi connectivity index (χ1) is 12.2. The Morgan fingerprint density at radius 2 is 1.72 bits per heavy atom. The summed E-state index contributed by atoms with van der Waals surface area (Å²) in [4.78, 5) is 26.8. The van der Waals surface area contributed by atoms with Gasteiger partial charge in [-0.3, -0.25) is 9.59 Å². The molecule has 0 spiro atoms. The molecule has 4 nitrogen and oxygen atoms in total. The van der Waals surface area contributed by atoms with Crippen LogP contribution < -0.4 is 10.3 Å². The number of aromatic amines is 1. The predicted molar refractivity (Wildman–Crippen MR) is 101 cm³/mol. The average Bonchev–Trinajstić information content (AvgIpc) is 2.65. The van der Waals surface area contributed by atoms with Crippen molar-refractivity contribution in [3.05, 3.63) is 88.2 Å². The van der Waals surface area contributed by atoms with Gasteiger partial charge in [0.25, 0.3) is 5.56 Å². The zero-order valence-electron chi connectivity index (χ0n) is 13.7. The Bertz CT molecular complexity index is 1010. The Kier molecular flexibility index (Phi) is 4.90. The van der Waals surface area contributed by atoms with Crippen molar-refractivity contribution in [2.75, 3.05) is 7.11 Å². The summed E-state index contributed by atoms with van der Waals surface area (Å²) in [5, 5.41) is 0.919. The second-order valence-electron chi connectivity index (χ2n) is 5.48. The summed E-state index contributed by atoms with van der Waals surface area (Å²) < 4.78 is 5.09. The lowest BCUT2D eigenvalue weighted by Crippen LogP contribution is -2.08.